The summed E-state index contributed by atoms with van der Waals surface area (Å²) in [5.74, 6) is 2.45. The lowest BCUT2D eigenvalue weighted by Crippen LogP contribution is -2.51. The third-order valence-electron chi connectivity index (χ3n) is 4.48. The van der Waals surface area contributed by atoms with Gasteiger partial charge in [0.05, 0.1) is 18.3 Å². The molecule has 0 saturated carbocycles. The van der Waals surface area contributed by atoms with E-state index in [0.29, 0.717) is 12.5 Å². The molecule has 0 aromatic carbocycles. The Morgan fingerprint density at radius 3 is 2.90 bits per heavy atom. The van der Waals surface area contributed by atoms with Crippen LogP contribution in [0, 0.1) is 11.3 Å². The monoisotopic (exact) mass is 298 g/mol. The molecule has 20 heavy (non-hydrogen) atoms. The van der Waals surface area contributed by atoms with Crippen LogP contribution in [-0.2, 0) is 9.47 Å². The third-order valence-corrected chi connectivity index (χ3v) is 5.47. The molecule has 0 aliphatic carbocycles. The average Bonchev–Trinajstić information content (AvgIpc) is 2.48. The molecule has 114 valence electrons. The topological polar surface area (TPSA) is 45.5 Å². The molecule has 0 aromatic rings. The molecular weight excluding hydrogens is 272 g/mol. The molecule has 2 rings (SSSR count). The van der Waals surface area contributed by atoms with Crippen molar-refractivity contribution in [3.05, 3.63) is 0 Å². The first-order chi connectivity index (χ1) is 9.79. The molecule has 0 N–H and O–H groups in total. The Morgan fingerprint density at radius 2 is 2.20 bits per heavy atom. The molecule has 0 aromatic heterocycles. The molecule has 0 amide bonds. The molecule has 5 heteroatoms. The van der Waals surface area contributed by atoms with Crippen LogP contribution < -0.4 is 0 Å². The summed E-state index contributed by atoms with van der Waals surface area (Å²) in [6.45, 7) is 3.39. The van der Waals surface area contributed by atoms with E-state index in [-0.39, 0.29) is 5.60 Å². The molecule has 1 unspecified atom stereocenters. The normalized spacial score (nSPS) is 25.8. The van der Waals surface area contributed by atoms with Crippen molar-refractivity contribution in [3.63, 3.8) is 0 Å². The van der Waals surface area contributed by atoms with E-state index in [1.807, 2.05) is 11.8 Å². The second-order valence-electron chi connectivity index (χ2n) is 5.73. The fraction of sp³-hybridized carbons (Fsp3) is 0.933. The van der Waals surface area contributed by atoms with Gasteiger partial charge < -0.3 is 9.47 Å². The van der Waals surface area contributed by atoms with Crippen molar-refractivity contribution < 1.29 is 9.47 Å². The van der Waals surface area contributed by atoms with E-state index in [9.17, 15) is 0 Å². The summed E-state index contributed by atoms with van der Waals surface area (Å²) >= 11 is 2.04. The van der Waals surface area contributed by atoms with Crippen LogP contribution in [0.4, 0.5) is 0 Å². The molecule has 1 atom stereocenters. The summed E-state index contributed by atoms with van der Waals surface area (Å²) in [5, 5.41) is 8.85. The van der Waals surface area contributed by atoms with Gasteiger partial charge in [-0.05, 0) is 37.2 Å². The summed E-state index contributed by atoms with van der Waals surface area (Å²) in [4.78, 5) is 2.44. The van der Waals surface area contributed by atoms with Crippen molar-refractivity contribution in [2.45, 2.75) is 43.7 Å². The lowest BCUT2D eigenvalue weighted by molar-refractivity contribution is -0.111. The molecule has 2 heterocycles. The van der Waals surface area contributed by atoms with E-state index in [1.54, 1.807) is 7.11 Å². The number of nitriles is 1. The molecule has 0 bridgehead atoms. The number of hydrogen-bond donors (Lipinski definition) is 0. The number of ether oxygens (including phenoxy) is 2. The maximum Gasteiger partial charge on any atom is 0.0713 e. The summed E-state index contributed by atoms with van der Waals surface area (Å²) in [6.07, 6.45) is 5.19. The van der Waals surface area contributed by atoms with Crippen LogP contribution >= 0.6 is 11.8 Å². The first-order valence-corrected chi connectivity index (χ1v) is 8.77. The highest BCUT2D eigenvalue weighted by molar-refractivity contribution is 7.99. The van der Waals surface area contributed by atoms with E-state index in [1.165, 1.54) is 24.3 Å². The van der Waals surface area contributed by atoms with Crippen molar-refractivity contribution in [1.82, 2.24) is 4.90 Å². The highest BCUT2D eigenvalue weighted by atomic mass is 32.2. The fourth-order valence-corrected chi connectivity index (χ4v) is 4.52. The van der Waals surface area contributed by atoms with Gasteiger partial charge in [-0.15, -0.1) is 0 Å². The molecule has 0 radical (unpaired) electrons. The number of thioether (sulfide) groups is 1. The van der Waals surface area contributed by atoms with Crippen molar-refractivity contribution >= 4 is 11.8 Å². The van der Waals surface area contributed by atoms with E-state index in [4.69, 9.17) is 14.7 Å². The predicted molar refractivity (Wildman–Crippen MR) is 81.9 cm³/mol. The molecule has 2 fully saturated rings. The Kier molecular flexibility index (Phi) is 6.63. The lowest BCUT2D eigenvalue weighted by atomic mass is 9.84. The van der Waals surface area contributed by atoms with Gasteiger partial charge in [-0.3, -0.25) is 4.90 Å². The van der Waals surface area contributed by atoms with E-state index in [2.05, 4.69) is 11.0 Å². The van der Waals surface area contributed by atoms with Crippen molar-refractivity contribution in [3.8, 4) is 6.07 Å². The van der Waals surface area contributed by atoms with Crippen LogP contribution in [0.25, 0.3) is 0 Å². The average molecular weight is 298 g/mol. The zero-order chi connectivity index (χ0) is 14.3. The number of nitrogens with zero attached hydrogens (tertiary/aromatic N) is 2. The van der Waals surface area contributed by atoms with Gasteiger partial charge in [0.25, 0.3) is 0 Å². The van der Waals surface area contributed by atoms with Gasteiger partial charge in [-0.2, -0.15) is 17.0 Å². The number of hydrogen-bond acceptors (Lipinski definition) is 5. The summed E-state index contributed by atoms with van der Waals surface area (Å²) in [6, 6.07) is 2.82. The van der Waals surface area contributed by atoms with Crippen molar-refractivity contribution in [2.24, 2.45) is 0 Å². The third kappa shape index (κ3) is 4.36. The molecule has 2 aliphatic heterocycles. The maximum atomic E-state index is 8.85. The van der Waals surface area contributed by atoms with Gasteiger partial charge >= 0.3 is 0 Å². The first kappa shape index (κ1) is 16.1. The van der Waals surface area contributed by atoms with Gasteiger partial charge in [-0.25, -0.2) is 0 Å². The van der Waals surface area contributed by atoms with Crippen LogP contribution in [0.15, 0.2) is 0 Å². The number of rotatable bonds is 6. The molecule has 4 nitrogen and oxygen atoms in total. The zero-order valence-electron chi connectivity index (χ0n) is 12.5. The van der Waals surface area contributed by atoms with Crippen LogP contribution in [0.2, 0.25) is 0 Å². The van der Waals surface area contributed by atoms with Crippen LogP contribution in [0.1, 0.15) is 32.1 Å². The van der Waals surface area contributed by atoms with Crippen molar-refractivity contribution in [2.75, 3.05) is 44.9 Å². The summed E-state index contributed by atoms with van der Waals surface area (Å²) in [7, 11) is 1.74. The quantitative estimate of drug-likeness (QED) is 0.753. The minimum atomic E-state index is 0.117. The zero-order valence-corrected chi connectivity index (χ0v) is 13.3. The van der Waals surface area contributed by atoms with E-state index >= 15 is 0 Å². The second kappa shape index (κ2) is 8.23. The van der Waals surface area contributed by atoms with Crippen LogP contribution in [0.5, 0.6) is 0 Å². The van der Waals surface area contributed by atoms with Crippen LogP contribution in [0.3, 0.4) is 0 Å². The SMILES string of the molecule is COCCN(CCC#N)C1CCOC2(CCSCC2)C1. The highest BCUT2D eigenvalue weighted by Gasteiger charge is 2.40. The number of methoxy groups -OCH3 is 1. The Labute approximate surface area is 126 Å². The van der Waals surface area contributed by atoms with Crippen LogP contribution in [-0.4, -0.2) is 61.5 Å². The largest absolute Gasteiger partial charge is 0.383 e. The summed E-state index contributed by atoms with van der Waals surface area (Å²) < 4.78 is 11.4. The highest BCUT2D eigenvalue weighted by Crippen LogP contribution is 2.38. The Bertz CT molecular complexity index is 321. The maximum absolute atomic E-state index is 8.85. The van der Waals surface area contributed by atoms with Gasteiger partial charge in [-0.1, -0.05) is 0 Å². The minimum absolute atomic E-state index is 0.117. The van der Waals surface area contributed by atoms with E-state index in [0.717, 1.165) is 39.1 Å². The van der Waals surface area contributed by atoms with Gasteiger partial charge in [0.1, 0.15) is 0 Å². The summed E-state index contributed by atoms with van der Waals surface area (Å²) in [5.41, 5.74) is 0.117. The Balaban J connectivity index is 1.94. The first-order valence-electron chi connectivity index (χ1n) is 7.61. The van der Waals surface area contributed by atoms with E-state index < -0.39 is 0 Å². The van der Waals surface area contributed by atoms with Crippen molar-refractivity contribution in [1.29, 1.82) is 5.26 Å². The molecule has 2 saturated heterocycles. The van der Waals surface area contributed by atoms with Gasteiger partial charge in [0.15, 0.2) is 0 Å². The Hall–Kier alpha value is -0.280. The Morgan fingerprint density at radius 1 is 1.40 bits per heavy atom. The lowest BCUT2D eigenvalue weighted by Gasteiger charge is -2.46. The molecule has 2 aliphatic rings. The minimum Gasteiger partial charge on any atom is -0.383 e. The smallest absolute Gasteiger partial charge is 0.0713 e. The van der Waals surface area contributed by atoms with Gasteiger partial charge in [0.2, 0.25) is 0 Å². The van der Waals surface area contributed by atoms with Gasteiger partial charge in [0, 0.05) is 39.3 Å². The fourth-order valence-electron chi connectivity index (χ4n) is 3.28. The molecular formula is C15H26N2O2S. The molecule has 1 spiro atoms. The standard InChI is InChI=1S/C15H26N2O2S/c1-18-10-8-17(7-2-6-16)14-3-9-19-15(13-14)4-11-20-12-5-15/h14H,2-5,7-13H2,1H3. The second-order valence-corrected chi connectivity index (χ2v) is 6.95. The predicted octanol–water partition coefficient (Wildman–Crippen LogP) is 2.29.